The molecule has 0 aliphatic rings. The third kappa shape index (κ3) is 67.7. The molecule has 0 aromatic carbocycles. The molecule has 0 aromatic heterocycles. The Balaban J connectivity index is 4.31. The minimum atomic E-state index is -0.804. The number of ether oxygens (including phenoxy) is 3. The number of hydrogen-bond acceptors (Lipinski definition) is 6. The van der Waals surface area contributed by atoms with E-state index >= 15 is 0 Å². The zero-order valence-electron chi connectivity index (χ0n) is 53.7. The molecule has 1 atom stereocenters. The Morgan fingerprint density at radius 3 is 0.759 bits per heavy atom. The van der Waals surface area contributed by atoms with Gasteiger partial charge in [0.1, 0.15) is 13.2 Å². The van der Waals surface area contributed by atoms with Crippen molar-refractivity contribution in [2.75, 3.05) is 13.2 Å². The number of unbranched alkanes of at least 4 members (excludes halogenated alkanes) is 23. The molecule has 0 amide bonds. The topological polar surface area (TPSA) is 78.9 Å². The van der Waals surface area contributed by atoms with Crippen LogP contribution >= 0.6 is 0 Å². The van der Waals surface area contributed by atoms with Crippen LogP contribution < -0.4 is 0 Å². The van der Waals surface area contributed by atoms with Gasteiger partial charge in [-0.05, 0) is 148 Å². The lowest BCUT2D eigenvalue weighted by Gasteiger charge is -2.18. The second-order valence-electron chi connectivity index (χ2n) is 22.0. The van der Waals surface area contributed by atoms with E-state index in [0.717, 1.165) is 148 Å². The van der Waals surface area contributed by atoms with Gasteiger partial charge in [-0.25, -0.2) is 0 Å². The Hall–Kier alpha value is -4.97. The van der Waals surface area contributed by atoms with Crippen LogP contribution in [0.2, 0.25) is 0 Å². The van der Waals surface area contributed by atoms with Crippen LogP contribution in [-0.4, -0.2) is 37.2 Å². The summed E-state index contributed by atoms with van der Waals surface area (Å²) >= 11 is 0. The molecule has 0 radical (unpaired) electrons. The molecule has 0 bridgehead atoms. The number of carbonyl (C=O) groups is 3. The fourth-order valence-electron chi connectivity index (χ4n) is 8.97. The summed E-state index contributed by atoms with van der Waals surface area (Å²) in [6.45, 7) is 6.37. The van der Waals surface area contributed by atoms with E-state index in [0.29, 0.717) is 19.3 Å². The maximum Gasteiger partial charge on any atom is 0.306 e. The van der Waals surface area contributed by atoms with Gasteiger partial charge >= 0.3 is 17.9 Å². The normalized spacial score (nSPS) is 13.1. The van der Waals surface area contributed by atoms with Crippen molar-refractivity contribution >= 4 is 17.9 Å². The standard InChI is InChI=1S/C77H124O6/c1-4-7-10-13-16-19-22-25-27-29-30-31-32-33-34-35-36-37-38-39-40-41-42-43-44-45-46-48-49-52-55-58-61-64-67-70-76(79)82-73-74(72-81-75(78)69-66-63-60-57-54-51-24-21-18-15-12-9-6-3)83-77(80)71-68-65-62-59-56-53-50-47-28-26-23-20-17-14-11-8-5-2/h7,9-10,12,16,18-19,21,25-28,30-31,33-34,36-37,39-40,42-43,45-46,51,54,74H,4-6,8,11,13-15,17,20,22-24,29,32,35,38,41,44,47-50,52-53,55-73H2,1-3H3/b10-7-,12-9-,19-16-,21-18-,27-25-,28-26-,31-30-,34-33-,37-36-,40-39-,43-42-,46-45-,54-51-. The van der Waals surface area contributed by atoms with Crippen molar-refractivity contribution in [3.63, 3.8) is 0 Å². The minimum Gasteiger partial charge on any atom is -0.462 e. The fourth-order valence-corrected chi connectivity index (χ4v) is 8.97. The molecule has 0 aromatic rings. The highest BCUT2D eigenvalue weighted by Gasteiger charge is 2.19. The third-order valence-electron chi connectivity index (χ3n) is 14.0. The van der Waals surface area contributed by atoms with Crippen LogP contribution in [0.5, 0.6) is 0 Å². The second kappa shape index (κ2) is 69.5. The van der Waals surface area contributed by atoms with E-state index in [4.69, 9.17) is 14.2 Å². The zero-order valence-corrected chi connectivity index (χ0v) is 53.7. The van der Waals surface area contributed by atoms with E-state index in [2.05, 4.69) is 179 Å². The Kier molecular flexibility index (Phi) is 65.4. The Morgan fingerprint density at radius 2 is 0.470 bits per heavy atom. The van der Waals surface area contributed by atoms with E-state index in [1.807, 2.05) is 0 Å². The maximum absolute atomic E-state index is 12.9. The summed E-state index contributed by atoms with van der Waals surface area (Å²) < 4.78 is 16.9. The van der Waals surface area contributed by atoms with Gasteiger partial charge in [-0.3, -0.25) is 14.4 Å². The third-order valence-corrected chi connectivity index (χ3v) is 14.0. The van der Waals surface area contributed by atoms with Gasteiger partial charge in [-0.1, -0.05) is 281 Å². The quantitative estimate of drug-likeness (QED) is 0.0261. The molecule has 0 spiro atoms. The summed E-state index contributed by atoms with van der Waals surface area (Å²) in [6.07, 6.45) is 101. The summed E-state index contributed by atoms with van der Waals surface area (Å²) in [5.74, 6) is -0.944. The Bertz CT molecular complexity index is 1840. The number of hydrogen-bond donors (Lipinski definition) is 0. The van der Waals surface area contributed by atoms with Crippen LogP contribution in [0.3, 0.4) is 0 Å². The highest BCUT2D eigenvalue weighted by Crippen LogP contribution is 2.15. The summed E-state index contributed by atoms with van der Waals surface area (Å²) in [7, 11) is 0. The van der Waals surface area contributed by atoms with Gasteiger partial charge in [0, 0.05) is 19.3 Å². The first-order chi connectivity index (χ1) is 41.0. The fraction of sp³-hybridized carbons (Fsp3) is 0.623. The largest absolute Gasteiger partial charge is 0.462 e. The van der Waals surface area contributed by atoms with E-state index < -0.39 is 6.10 Å². The van der Waals surface area contributed by atoms with Gasteiger partial charge in [0.05, 0.1) is 0 Å². The Labute approximate surface area is 511 Å². The predicted octanol–water partition coefficient (Wildman–Crippen LogP) is 23.7. The molecular formula is C77H124O6. The first-order valence-electron chi connectivity index (χ1n) is 34.0. The number of carbonyl (C=O) groups excluding carboxylic acids is 3. The van der Waals surface area contributed by atoms with Crippen LogP contribution in [0.1, 0.15) is 290 Å². The molecule has 468 valence electrons. The van der Waals surface area contributed by atoms with Crippen LogP contribution in [0.25, 0.3) is 0 Å². The van der Waals surface area contributed by atoms with Crippen molar-refractivity contribution in [1.29, 1.82) is 0 Å². The van der Waals surface area contributed by atoms with Crippen LogP contribution in [0, 0.1) is 0 Å². The molecule has 0 heterocycles. The molecule has 0 saturated heterocycles. The number of allylic oxidation sites excluding steroid dienone is 26. The lowest BCUT2D eigenvalue weighted by molar-refractivity contribution is -0.167. The van der Waals surface area contributed by atoms with Gasteiger partial charge in [0.2, 0.25) is 0 Å². The van der Waals surface area contributed by atoms with Crippen LogP contribution in [-0.2, 0) is 28.6 Å². The molecule has 6 nitrogen and oxygen atoms in total. The highest BCUT2D eigenvalue weighted by atomic mass is 16.6. The van der Waals surface area contributed by atoms with Crippen molar-refractivity contribution in [3.8, 4) is 0 Å². The lowest BCUT2D eigenvalue weighted by atomic mass is 10.1. The van der Waals surface area contributed by atoms with Crippen LogP contribution in [0.4, 0.5) is 0 Å². The minimum absolute atomic E-state index is 0.0998. The van der Waals surface area contributed by atoms with Gasteiger partial charge < -0.3 is 14.2 Å². The van der Waals surface area contributed by atoms with Gasteiger partial charge in [-0.2, -0.15) is 0 Å². The van der Waals surface area contributed by atoms with Gasteiger partial charge in [0.25, 0.3) is 0 Å². The molecule has 6 heteroatoms. The van der Waals surface area contributed by atoms with E-state index in [1.165, 1.54) is 103 Å². The molecule has 0 rings (SSSR count). The second-order valence-corrected chi connectivity index (χ2v) is 22.0. The predicted molar refractivity (Wildman–Crippen MR) is 362 cm³/mol. The van der Waals surface area contributed by atoms with E-state index in [9.17, 15) is 14.4 Å². The summed E-state index contributed by atoms with van der Waals surface area (Å²) in [5, 5.41) is 0. The summed E-state index contributed by atoms with van der Waals surface area (Å²) in [6, 6.07) is 0. The molecule has 0 N–H and O–H groups in total. The molecule has 83 heavy (non-hydrogen) atoms. The van der Waals surface area contributed by atoms with Crippen LogP contribution in [0.15, 0.2) is 158 Å². The van der Waals surface area contributed by atoms with Crippen molar-refractivity contribution < 1.29 is 28.6 Å². The zero-order chi connectivity index (χ0) is 59.9. The van der Waals surface area contributed by atoms with Gasteiger partial charge in [0.15, 0.2) is 6.10 Å². The van der Waals surface area contributed by atoms with Crippen molar-refractivity contribution in [2.45, 2.75) is 297 Å². The number of esters is 3. The molecular weight excluding hydrogens is 1020 g/mol. The molecule has 0 fully saturated rings. The smallest absolute Gasteiger partial charge is 0.306 e. The Morgan fingerprint density at radius 1 is 0.253 bits per heavy atom. The summed E-state index contributed by atoms with van der Waals surface area (Å²) in [5.41, 5.74) is 0. The first kappa shape index (κ1) is 78.0. The monoisotopic (exact) mass is 1140 g/mol. The van der Waals surface area contributed by atoms with Crippen molar-refractivity contribution in [1.82, 2.24) is 0 Å². The van der Waals surface area contributed by atoms with E-state index in [-0.39, 0.29) is 31.1 Å². The lowest BCUT2D eigenvalue weighted by Crippen LogP contribution is -2.30. The average molecular weight is 1150 g/mol. The average Bonchev–Trinajstić information content (AvgIpc) is 3.49. The van der Waals surface area contributed by atoms with E-state index in [1.54, 1.807) is 0 Å². The van der Waals surface area contributed by atoms with Gasteiger partial charge in [-0.15, -0.1) is 0 Å². The summed E-state index contributed by atoms with van der Waals surface area (Å²) in [4.78, 5) is 38.3. The number of rotatable bonds is 60. The SMILES string of the molecule is CC/C=C\C/C=C\C/C=C\C/C=C\C/C=C\C/C=C\C/C=C\C/C=C\C/C=C\CCCCCCCCCC(=O)OCC(COC(=O)CCCCC/C=C\C/C=C\C/C=C\CC)OC(=O)CCCCCCCCC/C=C\CCCCCCCC. The van der Waals surface area contributed by atoms with Crippen molar-refractivity contribution in [2.24, 2.45) is 0 Å². The molecule has 0 aliphatic heterocycles. The highest BCUT2D eigenvalue weighted by molar-refractivity contribution is 5.71. The van der Waals surface area contributed by atoms with Crippen molar-refractivity contribution in [3.05, 3.63) is 158 Å². The molecule has 1 unspecified atom stereocenters. The first-order valence-corrected chi connectivity index (χ1v) is 34.0. The molecule has 0 aliphatic carbocycles. The maximum atomic E-state index is 12.9. The molecule has 0 saturated carbocycles.